The summed E-state index contributed by atoms with van der Waals surface area (Å²) in [5.74, 6) is 0.0332. The molecular formula is C21H26FN3O4. The summed E-state index contributed by atoms with van der Waals surface area (Å²) in [6.45, 7) is 5.22. The number of ether oxygens (including phenoxy) is 2. The third kappa shape index (κ3) is 6.40. The Morgan fingerprint density at radius 3 is 3.00 bits per heavy atom. The molecule has 0 aliphatic carbocycles. The number of amides is 1. The number of likely N-dealkylation sites (tertiary alicyclic amines) is 1. The molecule has 0 spiro atoms. The summed E-state index contributed by atoms with van der Waals surface area (Å²) >= 11 is 0. The number of halogens is 1. The Balaban J connectivity index is 1.47. The molecule has 1 amide bonds. The zero-order chi connectivity index (χ0) is 20.8. The molecule has 1 aromatic carbocycles. The van der Waals surface area contributed by atoms with Gasteiger partial charge in [-0.1, -0.05) is 0 Å². The number of hydrogen-bond acceptors (Lipinski definition) is 6. The summed E-state index contributed by atoms with van der Waals surface area (Å²) in [6, 6.07) is 7.67. The van der Waals surface area contributed by atoms with Gasteiger partial charge in [0.05, 0.1) is 5.69 Å². The number of pyridine rings is 1. The number of nitrogens with one attached hydrogen (secondary N) is 1. The van der Waals surface area contributed by atoms with Gasteiger partial charge in [0.25, 0.3) is 0 Å². The van der Waals surface area contributed by atoms with E-state index in [1.54, 1.807) is 6.20 Å². The van der Waals surface area contributed by atoms with Crippen LogP contribution in [-0.4, -0.2) is 59.3 Å². The van der Waals surface area contributed by atoms with E-state index >= 15 is 0 Å². The molecule has 3 rings (SSSR count). The Hall–Kier alpha value is -2.71. The summed E-state index contributed by atoms with van der Waals surface area (Å²) in [4.78, 5) is 17.6. The molecule has 2 aromatic rings. The van der Waals surface area contributed by atoms with Crippen LogP contribution < -0.4 is 14.8 Å². The van der Waals surface area contributed by atoms with E-state index in [0.717, 1.165) is 18.5 Å². The highest BCUT2D eigenvalue weighted by atomic mass is 19.1. The first-order chi connectivity index (χ1) is 13.9. The van der Waals surface area contributed by atoms with Gasteiger partial charge in [0.15, 0.2) is 0 Å². The largest absolute Gasteiger partial charge is 0.489 e. The maximum Gasteiger partial charge on any atom is 0.221 e. The Bertz CT molecular complexity index is 848. The van der Waals surface area contributed by atoms with Crippen molar-refractivity contribution in [1.82, 2.24) is 9.88 Å². The molecule has 0 radical (unpaired) electrons. The molecular weight excluding hydrogens is 377 g/mol. The van der Waals surface area contributed by atoms with Crippen molar-refractivity contribution in [3.05, 3.63) is 47.9 Å². The molecule has 1 aliphatic heterocycles. The van der Waals surface area contributed by atoms with Gasteiger partial charge in [-0.05, 0) is 37.1 Å². The van der Waals surface area contributed by atoms with Gasteiger partial charge in [0.2, 0.25) is 11.8 Å². The molecule has 2 heterocycles. The van der Waals surface area contributed by atoms with E-state index in [4.69, 9.17) is 9.47 Å². The second-order valence-electron chi connectivity index (χ2n) is 7.25. The molecule has 2 N–H and O–H groups in total. The summed E-state index contributed by atoms with van der Waals surface area (Å²) in [5.41, 5.74) is 1.46. The number of carbonyl (C=O) groups is 1. The molecule has 2 atom stereocenters. The number of aryl methyl sites for hydroxylation is 1. The van der Waals surface area contributed by atoms with Crippen LogP contribution in [0.4, 0.5) is 10.1 Å². The van der Waals surface area contributed by atoms with E-state index in [9.17, 15) is 14.3 Å². The number of β-amino-alcohol motifs (C(OH)–C–C–N with tert-alkyl or cyclic N) is 1. The lowest BCUT2D eigenvalue weighted by atomic mass is 10.2. The molecule has 1 aliphatic rings. The number of carbonyl (C=O) groups excluding carboxylic acids is 1. The predicted molar refractivity (Wildman–Crippen MR) is 107 cm³/mol. The van der Waals surface area contributed by atoms with Crippen molar-refractivity contribution < 1.29 is 23.8 Å². The summed E-state index contributed by atoms with van der Waals surface area (Å²) in [6.07, 6.45) is 1.83. The number of anilines is 1. The number of rotatable bonds is 8. The van der Waals surface area contributed by atoms with Crippen LogP contribution in [0.5, 0.6) is 11.6 Å². The standard InChI is InChI=1S/C21H26FN3O4/c1-14-5-7-23-21(9-14)29-18-6-8-25(12-18)11-17(27)13-28-20-10-16(22)3-4-19(20)24-15(2)26/h3-5,7,9-10,17-18,27H,6,8,11-13H2,1-2H3,(H,24,26). The Labute approximate surface area is 169 Å². The van der Waals surface area contributed by atoms with Crippen LogP contribution >= 0.6 is 0 Å². The quantitative estimate of drug-likeness (QED) is 0.704. The molecule has 0 saturated carbocycles. The Morgan fingerprint density at radius 2 is 2.24 bits per heavy atom. The zero-order valence-corrected chi connectivity index (χ0v) is 16.6. The zero-order valence-electron chi connectivity index (χ0n) is 16.6. The summed E-state index contributed by atoms with van der Waals surface area (Å²) in [5, 5.41) is 12.9. The van der Waals surface area contributed by atoms with E-state index in [-0.39, 0.29) is 24.4 Å². The first-order valence-corrected chi connectivity index (χ1v) is 9.58. The Kier molecular flexibility index (Phi) is 7.00. The van der Waals surface area contributed by atoms with Crippen LogP contribution in [0.1, 0.15) is 18.9 Å². The molecule has 0 bridgehead atoms. The number of benzene rings is 1. The van der Waals surface area contributed by atoms with Crippen molar-refractivity contribution in [3.63, 3.8) is 0 Å². The molecule has 29 heavy (non-hydrogen) atoms. The first-order valence-electron chi connectivity index (χ1n) is 9.58. The minimum Gasteiger partial charge on any atom is -0.489 e. The van der Waals surface area contributed by atoms with Crippen molar-refractivity contribution >= 4 is 11.6 Å². The lowest BCUT2D eigenvalue weighted by Gasteiger charge is -2.21. The third-order valence-corrected chi connectivity index (χ3v) is 4.56. The van der Waals surface area contributed by atoms with Gasteiger partial charge in [-0.2, -0.15) is 0 Å². The van der Waals surface area contributed by atoms with E-state index in [1.165, 1.54) is 25.1 Å². The highest BCUT2D eigenvalue weighted by molar-refractivity contribution is 5.90. The van der Waals surface area contributed by atoms with Gasteiger partial charge >= 0.3 is 0 Å². The highest BCUT2D eigenvalue weighted by Gasteiger charge is 2.26. The molecule has 156 valence electrons. The van der Waals surface area contributed by atoms with Gasteiger partial charge in [0, 0.05) is 44.9 Å². The minimum atomic E-state index is -0.765. The van der Waals surface area contributed by atoms with Crippen molar-refractivity contribution in [2.45, 2.75) is 32.5 Å². The predicted octanol–water partition coefficient (Wildman–Crippen LogP) is 2.38. The van der Waals surface area contributed by atoms with Crippen LogP contribution in [0.2, 0.25) is 0 Å². The summed E-state index contributed by atoms with van der Waals surface area (Å²) in [7, 11) is 0. The molecule has 8 heteroatoms. The lowest BCUT2D eigenvalue weighted by Crippen LogP contribution is -2.35. The maximum absolute atomic E-state index is 13.5. The van der Waals surface area contributed by atoms with Crippen LogP contribution in [0.3, 0.4) is 0 Å². The third-order valence-electron chi connectivity index (χ3n) is 4.56. The Morgan fingerprint density at radius 1 is 1.41 bits per heavy atom. The normalized spacial score (nSPS) is 17.7. The number of nitrogens with zero attached hydrogens (tertiary/aromatic N) is 2. The van der Waals surface area contributed by atoms with Crippen molar-refractivity contribution in [3.8, 4) is 11.6 Å². The topological polar surface area (TPSA) is 83.9 Å². The fourth-order valence-corrected chi connectivity index (χ4v) is 3.25. The fraction of sp³-hybridized carbons (Fsp3) is 0.429. The maximum atomic E-state index is 13.5. The fourth-order valence-electron chi connectivity index (χ4n) is 3.25. The minimum absolute atomic E-state index is 0.0164. The van der Waals surface area contributed by atoms with Crippen molar-refractivity contribution in [2.24, 2.45) is 0 Å². The second kappa shape index (κ2) is 9.67. The van der Waals surface area contributed by atoms with E-state index in [0.29, 0.717) is 24.7 Å². The molecule has 1 fully saturated rings. The van der Waals surface area contributed by atoms with Crippen LogP contribution in [0.25, 0.3) is 0 Å². The molecule has 1 saturated heterocycles. The summed E-state index contributed by atoms with van der Waals surface area (Å²) < 4.78 is 25.0. The second-order valence-corrected chi connectivity index (χ2v) is 7.25. The monoisotopic (exact) mass is 403 g/mol. The van der Waals surface area contributed by atoms with Crippen molar-refractivity contribution in [2.75, 3.05) is 31.6 Å². The number of aliphatic hydroxyl groups is 1. The van der Waals surface area contributed by atoms with E-state index < -0.39 is 11.9 Å². The van der Waals surface area contributed by atoms with Gasteiger partial charge in [0.1, 0.15) is 30.4 Å². The van der Waals surface area contributed by atoms with Gasteiger partial charge in [-0.3, -0.25) is 9.69 Å². The van der Waals surface area contributed by atoms with Gasteiger partial charge < -0.3 is 19.9 Å². The average Bonchev–Trinajstić information content (AvgIpc) is 3.08. The van der Waals surface area contributed by atoms with Crippen LogP contribution in [-0.2, 0) is 4.79 Å². The highest BCUT2D eigenvalue weighted by Crippen LogP contribution is 2.26. The average molecular weight is 403 g/mol. The molecule has 2 unspecified atom stereocenters. The lowest BCUT2D eigenvalue weighted by molar-refractivity contribution is -0.114. The van der Waals surface area contributed by atoms with Crippen LogP contribution in [0, 0.1) is 12.7 Å². The van der Waals surface area contributed by atoms with E-state index in [1.807, 2.05) is 19.1 Å². The number of aromatic nitrogens is 1. The van der Waals surface area contributed by atoms with Gasteiger partial charge in [-0.15, -0.1) is 0 Å². The molecule has 1 aromatic heterocycles. The van der Waals surface area contributed by atoms with Gasteiger partial charge in [-0.25, -0.2) is 9.37 Å². The van der Waals surface area contributed by atoms with E-state index in [2.05, 4.69) is 15.2 Å². The van der Waals surface area contributed by atoms with Crippen molar-refractivity contribution in [1.29, 1.82) is 0 Å². The molecule has 7 nitrogen and oxygen atoms in total. The smallest absolute Gasteiger partial charge is 0.221 e. The number of hydrogen-bond donors (Lipinski definition) is 2. The number of aliphatic hydroxyl groups excluding tert-OH is 1. The first kappa shape index (κ1) is 21.0. The van der Waals surface area contributed by atoms with Crippen LogP contribution in [0.15, 0.2) is 36.5 Å². The SMILES string of the molecule is CC(=O)Nc1ccc(F)cc1OCC(O)CN1CCC(Oc2cc(C)ccn2)C1.